The number of pyridine rings is 1. The summed E-state index contributed by atoms with van der Waals surface area (Å²) in [5.74, 6) is 0.538. The number of rotatable bonds is 3. The van der Waals surface area contributed by atoms with Crippen LogP contribution in [0.1, 0.15) is 15.3 Å². The van der Waals surface area contributed by atoms with Crippen LogP contribution >= 0.6 is 11.3 Å². The van der Waals surface area contributed by atoms with Crippen molar-refractivity contribution in [2.24, 2.45) is 0 Å². The number of nitrogens with zero attached hydrogens (tertiary/aromatic N) is 2. The summed E-state index contributed by atoms with van der Waals surface area (Å²) in [5, 5.41) is 8.86. The second kappa shape index (κ2) is 4.77. The maximum atomic E-state index is 8.86. The first-order chi connectivity index (χ1) is 7.79. The molecule has 0 spiro atoms. The van der Waals surface area contributed by atoms with Crippen LogP contribution in [-0.4, -0.2) is 4.98 Å². The van der Waals surface area contributed by atoms with Gasteiger partial charge in [0.15, 0.2) is 5.75 Å². The van der Waals surface area contributed by atoms with Crippen molar-refractivity contribution in [1.29, 1.82) is 5.26 Å². The van der Waals surface area contributed by atoms with Crippen molar-refractivity contribution in [3.8, 4) is 11.8 Å². The predicted octanol–water partition coefficient (Wildman–Crippen LogP) is 2.90. The van der Waals surface area contributed by atoms with Crippen LogP contribution in [0.3, 0.4) is 0 Å². The smallest absolute Gasteiger partial charge is 0.155 e. The van der Waals surface area contributed by atoms with Crippen molar-refractivity contribution in [2.75, 3.05) is 0 Å². The van der Waals surface area contributed by atoms with Crippen LogP contribution < -0.4 is 4.74 Å². The minimum Gasteiger partial charge on any atom is -0.485 e. The number of aryl methyl sites for hydroxylation is 1. The quantitative estimate of drug-likeness (QED) is 0.814. The molecule has 0 radical (unpaired) electrons. The zero-order chi connectivity index (χ0) is 11.4. The monoisotopic (exact) mass is 230 g/mol. The second-order valence-corrected chi connectivity index (χ2v) is 4.66. The van der Waals surface area contributed by atoms with E-state index in [1.807, 2.05) is 6.07 Å². The van der Waals surface area contributed by atoms with Crippen LogP contribution in [0, 0.1) is 18.3 Å². The van der Waals surface area contributed by atoms with Crippen LogP contribution in [0.5, 0.6) is 5.75 Å². The Morgan fingerprint density at radius 2 is 2.31 bits per heavy atom. The molecule has 16 heavy (non-hydrogen) atoms. The Morgan fingerprint density at radius 1 is 1.44 bits per heavy atom. The summed E-state index contributed by atoms with van der Waals surface area (Å²) in [6.45, 7) is 2.54. The minimum absolute atomic E-state index is 0.485. The topological polar surface area (TPSA) is 45.9 Å². The van der Waals surface area contributed by atoms with Gasteiger partial charge in [-0.1, -0.05) is 0 Å². The molecular formula is C12H10N2OS. The third kappa shape index (κ3) is 2.38. The molecule has 0 fully saturated rings. The highest BCUT2D eigenvalue weighted by molar-refractivity contribution is 7.11. The first-order valence-corrected chi connectivity index (χ1v) is 5.63. The average molecular weight is 230 g/mol. The van der Waals surface area contributed by atoms with E-state index < -0.39 is 0 Å². The van der Waals surface area contributed by atoms with E-state index in [0.717, 1.165) is 4.88 Å². The molecule has 80 valence electrons. The highest BCUT2D eigenvalue weighted by Gasteiger charge is 2.03. The van der Waals surface area contributed by atoms with Crippen molar-refractivity contribution in [1.82, 2.24) is 4.98 Å². The predicted molar refractivity (Wildman–Crippen MR) is 62.3 cm³/mol. The van der Waals surface area contributed by atoms with E-state index in [4.69, 9.17) is 10.00 Å². The molecule has 3 nitrogen and oxygen atoms in total. The summed E-state index contributed by atoms with van der Waals surface area (Å²) in [5.41, 5.74) is 0.517. The van der Waals surface area contributed by atoms with Gasteiger partial charge in [-0.3, -0.25) is 4.98 Å². The fourth-order valence-electron chi connectivity index (χ4n) is 1.30. The van der Waals surface area contributed by atoms with Crippen LogP contribution in [0.25, 0.3) is 0 Å². The molecule has 4 heteroatoms. The van der Waals surface area contributed by atoms with Gasteiger partial charge in [0.2, 0.25) is 0 Å². The summed E-state index contributed by atoms with van der Waals surface area (Å²) < 4.78 is 5.55. The molecule has 0 aromatic carbocycles. The van der Waals surface area contributed by atoms with Gasteiger partial charge in [-0.05, 0) is 25.1 Å². The summed E-state index contributed by atoms with van der Waals surface area (Å²) in [6.07, 6.45) is 3.15. The Bertz CT molecular complexity index is 528. The lowest BCUT2D eigenvalue weighted by molar-refractivity contribution is 0.307. The standard InChI is InChI=1S/C12H10N2OS/c1-9-2-3-11(16-9)8-15-12-7-14-5-4-10(12)6-13/h2-5,7H,8H2,1H3. The van der Waals surface area contributed by atoms with Gasteiger partial charge in [0.25, 0.3) is 0 Å². The average Bonchev–Trinajstić information content (AvgIpc) is 2.73. The fourth-order valence-corrected chi connectivity index (χ4v) is 2.10. The zero-order valence-electron chi connectivity index (χ0n) is 8.80. The fraction of sp³-hybridized carbons (Fsp3) is 0.167. The molecule has 0 unspecified atom stereocenters. The van der Waals surface area contributed by atoms with Crippen LogP contribution in [0.2, 0.25) is 0 Å². The molecule has 0 aliphatic carbocycles. The highest BCUT2D eigenvalue weighted by atomic mass is 32.1. The van der Waals surface area contributed by atoms with Crippen LogP contribution in [0.4, 0.5) is 0 Å². The highest BCUT2D eigenvalue weighted by Crippen LogP contribution is 2.20. The Hall–Kier alpha value is -1.86. The van der Waals surface area contributed by atoms with Gasteiger partial charge < -0.3 is 4.74 Å². The van der Waals surface area contributed by atoms with Crippen molar-refractivity contribution in [2.45, 2.75) is 13.5 Å². The second-order valence-electron chi connectivity index (χ2n) is 3.28. The van der Waals surface area contributed by atoms with Crippen molar-refractivity contribution < 1.29 is 4.74 Å². The van der Waals surface area contributed by atoms with E-state index >= 15 is 0 Å². The molecule has 0 atom stereocenters. The van der Waals surface area contributed by atoms with Gasteiger partial charge >= 0.3 is 0 Å². The van der Waals surface area contributed by atoms with Crippen molar-refractivity contribution in [3.63, 3.8) is 0 Å². The molecule has 0 saturated carbocycles. The largest absolute Gasteiger partial charge is 0.485 e. The van der Waals surface area contributed by atoms with E-state index in [9.17, 15) is 0 Å². The number of nitriles is 1. The van der Waals surface area contributed by atoms with E-state index in [1.54, 1.807) is 29.8 Å². The van der Waals surface area contributed by atoms with Crippen molar-refractivity contribution in [3.05, 3.63) is 45.9 Å². The van der Waals surface area contributed by atoms with Gasteiger partial charge in [0, 0.05) is 16.0 Å². The molecule has 0 aliphatic heterocycles. The molecule has 0 bridgehead atoms. The summed E-state index contributed by atoms with van der Waals surface area (Å²) in [4.78, 5) is 6.34. The third-order valence-electron chi connectivity index (χ3n) is 2.07. The van der Waals surface area contributed by atoms with Gasteiger partial charge in [-0.2, -0.15) is 5.26 Å². The zero-order valence-corrected chi connectivity index (χ0v) is 9.62. The van der Waals surface area contributed by atoms with Gasteiger partial charge in [-0.15, -0.1) is 11.3 Å². The number of ether oxygens (including phenoxy) is 1. The molecule has 2 rings (SSSR count). The number of thiophene rings is 1. The molecule has 2 heterocycles. The molecule has 0 saturated heterocycles. The molecule has 0 aliphatic rings. The molecular weight excluding hydrogens is 220 g/mol. The van der Waals surface area contributed by atoms with Gasteiger partial charge in [0.05, 0.1) is 11.8 Å². The number of aromatic nitrogens is 1. The molecule has 2 aromatic heterocycles. The maximum absolute atomic E-state index is 8.86. The van der Waals surface area contributed by atoms with Gasteiger partial charge in [0.1, 0.15) is 12.7 Å². The third-order valence-corrected chi connectivity index (χ3v) is 3.05. The lowest BCUT2D eigenvalue weighted by Gasteiger charge is -2.04. The van der Waals surface area contributed by atoms with Crippen molar-refractivity contribution >= 4 is 11.3 Å². The summed E-state index contributed by atoms with van der Waals surface area (Å²) in [6, 6.07) is 7.81. The maximum Gasteiger partial charge on any atom is 0.155 e. The SMILES string of the molecule is Cc1ccc(COc2cnccc2C#N)s1. The first-order valence-electron chi connectivity index (χ1n) is 4.82. The molecule has 0 amide bonds. The lowest BCUT2D eigenvalue weighted by atomic mass is 10.3. The number of hydrogen-bond donors (Lipinski definition) is 0. The van der Waals surface area contributed by atoms with E-state index in [-0.39, 0.29) is 0 Å². The van der Waals surface area contributed by atoms with Gasteiger partial charge in [-0.25, -0.2) is 0 Å². The van der Waals surface area contributed by atoms with Crippen LogP contribution in [-0.2, 0) is 6.61 Å². The molecule has 2 aromatic rings. The Kier molecular flexibility index (Phi) is 3.18. The Labute approximate surface area is 97.9 Å². The van der Waals surface area contributed by atoms with E-state index in [0.29, 0.717) is 17.9 Å². The van der Waals surface area contributed by atoms with Crippen LogP contribution in [0.15, 0.2) is 30.6 Å². The number of hydrogen-bond acceptors (Lipinski definition) is 4. The minimum atomic E-state index is 0.485. The lowest BCUT2D eigenvalue weighted by Crippen LogP contribution is -1.95. The Balaban J connectivity index is 2.08. The summed E-state index contributed by atoms with van der Waals surface area (Å²) >= 11 is 1.69. The normalized spacial score (nSPS) is 9.75. The van der Waals surface area contributed by atoms with E-state index in [2.05, 4.69) is 24.0 Å². The Morgan fingerprint density at radius 3 is 3.00 bits per heavy atom. The van der Waals surface area contributed by atoms with E-state index in [1.165, 1.54) is 4.88 Å². The molecule has 0 N–H and O–H groups in total. The summed E-state index contributed by atoms with van der Waals surface area (Å²) in [7, 11) is 0. The first kappa shape index (κ1) is 10.7.